The molecule has 1 aliphatic heterocycles. The van der Waals surface area contributed by atoms with Crippen molar-refractivity contribution in [2.24, 2.45) is 5.92 Å². The van der Waals surface area contributed by atoms with Crippen molar-refractivity contribution in [3.8, 4) is 6.07 Å². The van der Waals surface area contributed by atoms with Crippen LogP contribution in [0.5, 0.6) is 0 Å². The Morgan fingerprint density at radius 3 is 2.88 bits per heavy atom. The third kappa shape index (κ3) is 2.04. The van der Waals surface area contributed by atoms with Gasteiger partial charge in [0.1, 0.15) is 11.9 Å². The number of amides is 1. The molecule has 0 spiro atoms. The van der Waals surface area contributed by atoms with Gasteiger partial charge in [-0.2, -0.15) is 5.26 Å². The minimum atomic E-state index is -0.597. The number of hydrogen-bond acceptors (Lipinski definition) is 2. The highest BCUT2D eigenvalue weighted by molar-refractivity contribution is 5.96. The van der Waals surface area contributed by atoms with Crippen molar-refractivity contribution in [2.75, 3.05) is 11.4 Å². The number of rotatable bonds is 2. The number of carbonyl (C=O) groups excluding carboxylic acids is 1. The second kappa shape index (κ2) is 4.38. The first-order valence-electron chi connectivity index (χ1n) is 5.28. The van der Waals surface area contributed by atoms with Gasteiger partial charge in [-0.05, 0) is 18.2 Å². The fourth-order valence-electron chi connectivity index (χ4n) is 1.91. The maximum Gasteiger partial charge on any atom is 0.227 e. The van der Waals surface area contributed by atoms with Crippen molar-refractivity contribution in [1.29, 1.82) is 5.26 Å². The molecule has 1 heterocycles. The van der Waals surface area contributed by atoms with Gasteiger partial charge in [0.15, 0.2) is 0 Å². The van der Waals surface area contributed by atoms with E-state index in [1.807, 2.05) is 0 Å². The molecule has 17 heavy (non-hydrogen) atoms. The average Bonchev–Trinajstić information content (AvgIpc) is 2.70. The topological polar surface area (TPSA) is 44.1 Å². The van der Waals surface area contributed by atoms with Gasteiger partial charge in [0.05, 0.1) is 5.56 Å². The van der Waals surface area contributed by atoms with Crippen LogP contribution < -0.4 is 4.90 Å². The van der Waals surface area contributed by atoms with E-state index >= 15 is 0 Å². The summed E-state index contributed by atoms with van der Waals surface area (Å²) in [5, 5.41) is 8.62. The van der Waals surface area contributed by atoms with E-state index in [0.717, 1.165) is 0 Å². The Balaban J connectivity index is 2.30. The molecular weight excluding hydrogens is 219 g/mol. The standard InChI is InChI=1S/C13H11FN2O/c1-2-9-5-13(17)16(8-9)11-4-3-10(7-15)12(14)6-11/h2-4,6,9H,1,5,8H2. The van der Waals surface area contributed by atoms with Gasteiger partial charge in [0, 0.05) is 24.6 Å². The summed E-state index contributed by atoms with van der Waals surface area (Å²) >= 11 is 0. The van der Waals surface area contributed by atoms with Crippen LogP contribution in [-0.2, 0) is 4.79 Å². The molecule has 0 aliphatic carbocycles. The normalized spacial score (nSPS) is 19.2. The first-order valence-corrected chi connectivity index (χ1v) is 5.28. The van der Waals surface area contributed by atoms with Gasteiger partial charge in [-0.15, -0.1) is 6.58 Å². The Kier molecular flexibility index (Phi) is 2.92. The van der Waals surface area contributed by atoms with Crippen LogP contribution in [0.1, 0.15) is 12.0 Å². The molecule has 2 rings (SSSR count). The predicted molar refractivity (Wildman–Crippen MR) is 61.8 cm³/mol. The van der Waals surface area contributed by atoms with Crippen molar-refractivity contribution >= 4 is 11.6 Å². The first kappa shape index (κ1) is 11.3. The Labute approximate surface area is 98.8 Å². The molecule has 1 amide bonds. The summed E-state index contributed by atoms with van der Waals surface area (Å²) < 4.78 is 13.4. The summed E-state index contributed by atoms with van der Waals surface area (Å²) in [5.41, 5.74) is 0.483. The van der Waals surface area contributed by atoms with Crippen LogP contribution in [0.15, 0.2) is 30.9 Å². The molecule has 1 aromatic rings. The number of halogens is 1. The molecular formula is C13H11FN2O. The molecule has 1 saturated heterocycles. The molecule has 4 heteroatoms. The zero-order valence-electron chi connectivity index (χ0n) is 9.19. The van der Waals surface area contributed by atoms with Crippen LogP contribution in [0.25, 0.3) is 0 Å². The van der Waals surface area contributed by atoms with Crippen LogP contribution in [0.3, 0.4) is 0 Å². The lowest BCUT2D eigenvalue weighted by Gasteiger charge is -2.16. The minimum Gasteiger partial charge on any atom is -0.312 e. The van der Waals surface area contributed by atoms with Gasteiger partial charge >= 0.3 is 0 Å². The fourth-order valence-corrected chi connectivity index (χ4v) is 1.91. The van der Waals surface area contributed by atoms with E-state index in [-0.39, 0.29) is 17.4 Å². The van der Waals surface area contributed by atoms with E-state index in [1.54, 1.807) is 18.2 Å². The third-order valence-corrected chi connectivity index (χ3v) is 2.87. The van der Waals surface area contributed by atoms with E-state index in [2.05, 4.69) is 6.58 Å². The molecule has 3 nitrogen and oxygen atoms in total. The lowest BCUT2D eigenvalue weighted by molar-refractivity contribution is -0.117. The van der Waals surface area contributed by atoms with Gasteiger partial charge in [-0.25, -0.2) is 4.39 Å². The van der Waals surface area contributed by atoms with E-state index in [4.69, 9.17) is 5.26 Å². The highest BCUT2D eigenvalue weighted by Crippen LogP contribution is 2.26. The molecule has 0 N–H and O–H groups in total. The molecule has 1 aliphatic rings. The van der Waals surface area contributed by atoms with Crippen LogP contribution in [-0.4, -0.2) is 12.5 Å². The molecule has 0 radical (unpaired) electrons. The van der Waals surface area contributed by atoms with Crippen molar-refractivity contribution in [1.82, 2.24) is 0 Å². The monoisotopic (exact) mass is 230 g/mol. The second-order valence-corrected chi connectivity index (χ2v) is 3.98. The van der Waals surface area contributed by atoms with Gasteiger partial charge in [0.25, 0.3) is 0 Å². The Hall–Kier alpha value is -2.15. The van der Waals surface area contributed by atoms with E-state index in [9.17, 15) is 9.18 Å². The van der Waals surface area contributed by atoms with Gasteiger partial charge < -0.3 is 4.90 Å². The highest BCUT2D eigenvalue weighted by Gasteiger charge is 2.28. The van der Waals surface area contributed by atoms with Crippen LogP contribution in [0.4, 0.5) is 10.1 Å². The summed E-state index contributed by atoms with van der Waals surface area (Å²) in [7, 11) is 0. The number of nitrogens with zero attached hydrogens (tertiary/aromatic N) is 2. The van der Waals surface area contributed by atoms with Crippen LogP contribution in [0.2, 0.25) is 0 Å². The average molecular weight is 230 g/mol. The largest absolute Gasteiger partial charge is 0.312 e. The molecule has 86 valence electrons. The molecule has 1 unspecified atom stereocenters. The lowest BCUT2D eigenvalue weighted by Crippen LogP contribution is -2.24. The highest BCUT2D eigenvalue weighted by atomic mass is 19.1. The summed E-state index contributed by atoms with van der Waals surface area (Å²) in [6.07, 6.45) is 2.14. The Bertz CT molecular complexity index is 519. The Morgan fingerprint density at radius 2 is 2.35 bits per heavy atom. The third-order valence-electron chi connectivity index (χ3n) is 2.87. The maximum atomic E-state index is 13.4. The molecule has 0 saturated carbocycles. The SMILES string of the molecule is C=CC1CC(=O)N(c2ccc(C#N)c(F)c2)C1. The molecule has 1 aromatic carbocycles. The molecule has 1 atom stereocenters. The zero-order valence-corrected chi connectivity index (χ0v) is 9.19. The van der Waals surface area contributed by atoms with E-state index < -0.39 is 5.82 Å². The van der Waals surface area contributed by atoms with Crippen molar-refractivity contribution in [3.05, 3.63) is 42.2 Å². The molecule has 1 fully saturated rings. The lowest BCUT2D eigenvalue weighted by atomic mass is 10.1. The number of carbonyl (C=O) groups is 1. The summed E-state index contributed by atoms with van der Waals surface area (Å²) in [5.74, 6) is -0.528. The quantitative estimate of drug-likeness (QED) is 0.731. The van der Waals surface area contributed by atoms with Gasteiger partial charge in [-0.3, -0.25) is 4.79 Å². The van der Waals surface area contributed by atoms with Gasteiger partial charge in [0.2, 0.25) is 5.91 Å². The predicted octanol–water partition coefficient (Wildman–Crippen LogP) is 2.24. The second-order valence-electron chi connectivity index (χ2n) is 3.98. The van der Waals surface area contributed by atoms with Gasteiger partial charge in [-0.1, -0.05) is 6.08 Å². The number of nitriles is 1. The minimum absolute atomic E-state index is 0.0133. The van der Waals surface area contributed by atoms with E-state index in [0.29, 0.717) is 18.7 Å². The van der Waals surface area contributed by atoms with Crippen molar-refractivity contribution < 1.29 is 9.18 Å². The maximum absolute atomic E-state index is 13.4. The van der Waals surface area contributed by atoms with Crippen molar-refractivity contribution in [3.63, 3.8) is 0 Å². The zero-order chi connectivity index (χ0) is 12.4. The van der Waals surface area contributed by atoms with Crippen LogP contribution in [0, 0.1) is 23.1 Å². The summed E-state index contributed by atoms with van der Waals surface area (Å²) in [6.45, 7) is 4.18. The molecule has 0 bridgehead atoms. The van der Waals surface area contributed by atoms with Crippen molar-refractivity contribution in [2.45, 2.75) is 6.42 Å². The number of hydrogen-bond donors (Lipinski definition) is 0. The number of anilines is 1. The Morgan fingerprint density at radius 1 is 1.59 bits per heavy atom. The van der Waals surface area contributed by atoms with Crippen LogP contribution >= 0.6 is 0 Å². The summed E-state index contributed by atoms with van der Waals surface area (Å²) in [4.78, 5) is 13.2. The number of benzene rings is 1. The fraction of sp³-hybridized carbons (Fsp3) is 0.231. The smallest absolute Gasteiger partial charge is 0.227 e. The summed E-state index contributed by atoms with van der Waals surface area (Å²) in [6, 6.07) is 5.95. The first-order chi connectivity index (χ1) is 8.15. The van der Waals surface area contributed by atoms with E-state index in [1.165, 1.54) is 17.0 Å². The molecule has 0 aromatic heterocycles.